The summed E-state index contributed by atoms with van der Waals surface area (Å²) in [6, 6.07) is 6.02. The topological polar surface area (TPSA) is 62.4 Å². The summed E-state index contributed by atoms with van der Waals surface area (Å²) in [4.78, 5) is 4.35. The SMILES string of the molecule is CCCCN=C(NN)Nc1ccc(Br)cc1C. The number of nitrogens with two attached hydrogens (primary N) is 1. The number of benzene rings is 1. The second-order valence-electron chi connectivity index (χ2n) is 3.81. The van der Waals surface area contributed by atoms with E-state index >= 15 is 0 Å². The van der Waals surface area contributed by atoms with Crippen molar-refractivity contribution in [3.63, 3.8) is 0 Å². The minimum atomic E-state index is 0.601. The Labute approximate surface area is 111 Å². The van der Waals surface area contributed by atoms with E-state index in [0.29, 0.717) is 5.96 Å². The summed E-state index contributed by atoms with van der Waals surface area (Å²) in [5.74, 6) is 6.03. The lowest BCUT2D eigenvalue weighted by Crippen LogP contribution is -2.36. The Hall–Kier alpha value is -1.07. The molecule has 1 aromatic carbocycles. The molecule has 0 heterocycles. The van der Waals surface area contributed by atoms with Crippen LogP contribution in [0.1, 0.15) is 25.3 Å². The standard InChI is InChI=1S/C12H19BrN4/c1-3-4-7-15-12(17-14)16-11-6-5-10(13)8-9(11)2/h5-6,8H,3-4,7,14H2,1-2H3,(H2,15,16,17). The van der Waals surface area contributed by atoms with Crippen molar-refractivity contribution in [1.82, 2.24) is 5.43 Å². The summed E-state index contributed by atoms with van der Waals surface area (Å²) in [5, 5.41) is 3.18. The summed E-state index contributed by atoms with van der Waals surface area (Å²) < 4.78 is 1.06. The van der Waals surface area contributed by atoms with E-state index in [4.69, 9.17) is 5.84 Å². The fourth-order valence-corrected chi connectivity index (χ4v) is 1.84. The largest absolute Gasteiger partial charge is 0.325 e. The Morgan fingerprint density at radius 1 is 1.47 bits per heavy atom. The Bertz CT molecular complexity index is 390. The zero-order valence-corrected chi connectivity index (χ0v) is 11.8. The molecule has 94 valence electrons. The number of unbranched alkanes of at least 4 members (excludes halogenated alkanes) is 1. The monoisotopic (exact) mass is 298 g/mol. The molecule has 0 aliphatic heterocycles. The quantitative estimate of drug-likeness (QED) is 0.263. The fourth-order valence-electron chi connectivity index (χ4n) is 1.37. The lowest BCUT2D eigenvalue weighted by molar-refractivity contribution is 0.801. The molecule has 0 aliphatic carbocycles. The molecular formula is C12H19BrN4. The normalized spacial score (nSPS) is 11.4. The average Bonchev–Trinajstić information content (AvgIpc) is 2.31. The van der Waals surface area contributed by atoms with Gasteiger partial charge < -0.3 is 5.32 Å². The molecule has 0 atom stereocenters. The van der Waals surface area contributed by atoms with Gasteiger partial charge in [-0.2, -0.15) is 0 Å². The fraction of sp³-hybridized carbons (Fsp3) is 0.417. The first-order valence-corrected chi connectivity index (χ1v) is 6.51. The molecule has 0 fully saturated rings. The molecule has 0 aromatic heterocycles. The number of nitrogens with zero attached hydrogens (tertiary/aromatic N) is 1. The van der Waals surface area contributed by atoms with Crippen LogP contribution in [0.15, 0.2) is 27.7 Å². The van der Waals surface area contributed by atoms with Crippen LogP contribution >= 0.6 is 15.9 Å². The predicted molar refractivity (Wildman–Crippen MR) is 77.0 cm³/mol. The zero-order chi connectivity index (χ0) is 12.7. The van der Waals surface area contributed by atoms with Crippen LogP contribution in [0, 0.1) is 6.92 Å². The molecule has 17 heavy (non-hydrogen) atoms. The number of aliphatic imine (C=N–C) groups is 1. The number of halogens is 1. The van der Waals surface area contributed by atoms with Crippen LogP contribution < -0.4 is 16.6 Å². The third-order valence-electron chi connectivity index (χ3n) is 2.36. The maximum atomic E-state index is 5.43. The van der Waals surface area contributed by atoms with E-state index in [1.807, 2.05) is 25.1 Å². The van der Waals surface area contributed by atoms with E-state index in [2.05, 4.69) is 38.6 Å². The van der Waals surface area contributed by atoms with Gasteiger partial charge in [0.25, 0.3) is 0 Å². The van der Waals surface area contributed by atoms with E-state index in [0.717, 1.165) is 35.1 Å². The van der Waals surface area contributed by atoms with Crippen molar-refractivity contribution in [2.45, 2.75) is 26.7 Å². The minimum Gasteiger partial charge on any atom is -0.325 e. The van der Waals surface area contributed by atoms with Gasteiger partial charge in [0.15, 0.2) is 0 Å². The number of rotatable bonds is 4. The van der Waals surface area contributed by atoms with Crippen molar-refractivity contribution in [3.05, 3.63) is 28.2 Å². The number of anilines is 1. The van der Waals surface area contributed by atoms with Crippen molar-refractivity contribution in [1.29, 1.82) is 0 Å². The molecule has 5 heteroatoms. The molecule has 0 radical (unpaired) electrons. The lowest BCUT2D eigenvalue weighted by Gasteiger charge is -2.11. The van der Waals surface area contributed by atoms with Gasteiger partial charge in [0, 0.05) is 16.7 Å². The zero-order valence-electron chi connectivity index (χ0n) is 10.3. The molecule has 1 aromatic rings. The molecule has 0 aliphatic rings. The number of aryl methyl sites for hydroxylation is 1. The number of nitrogens with one attached hydrogen (secondary N) is 2. The van der Waals surface area contributed by atoms with Crippen molar-refractivity contribution in [2.24, 2.45) is 10.8 Å². The highest BCUT2D eigenvalue weighted by molar-refractivity contribution is 9.10. The highest BCUT2D eigenvalue weighted by Crippen LogP contribution is 2.19. The molecule has 1 rings (SSSR count). The molecule has 4 N–H and O–H groups in total. The molecular weight excluding hydrogens is 280 g/mol. The van der Waals surface area contributed by atoms with E-state index in [-0.39, 0.29) is 0 Å². The van der Waals surface area contributed by atoms with E-state index in [9.17, 15) is 0 Å². The summed E-state index contributed by atoms with van der Waals surface area (Å²) in [7, 11) is 0. The number of hydrazine groups is 1. The Balaban J connectivity index is 2.70. The van der Waals surface area contributed by atoms with E-state index in [1.54, 1.807) is 0 Å². The van der Waals surface area contributed by atoms with Gasteiger partial charge in [0.05, 0.1) is 0 Å². The second-order valence-corrected chi connectivity index (χ2v) is 4.73. The molecule has 0 spiro atoms. The second kappa shape index (κ2) is 7.29. The summed E-state index contributed by atoms with van der Waals surface area (Å²) in [5.41, 5.74) is 4.72. The van der Waals surface area contributed by atoms with Gasteiger partial charge in [0.1, 0.15) is 0 Å². The highest BCUT2D eigenvalue weighted by atomic mass is 79.9. The van der Waals surface area contributed by atoms with Gasteiger partial charge in [-0.25, -0.2) is 5.84 Å². The molecule has 0 bridgehead atoms. The number of guanidine groups is 1. The smallest absolute Gasteiger partial charge is 0.210 e. The summed E-state index contributed by atoms with van der Waals surface area (Å²) >= 11 is 3.43. The van der Waals surface area contributed by atoms with Crippen molar-refractivity contribution in [3.8, 4) is 0 Å². The van der Waals surface area contributed by atoms with Crippen LogP contribution in [-0.4, -0.2) is 12.5 Å². The van der Waals surface area contributed by atoms with Crippen LogP contribution in [0.4, 0.5) is 5.69 Å². The average molecular weight is 299 g/mol. The molecule has 0 saturated heterocycles. The maximum Gasteiger partial charge on any atom is 0.210 e. The van der Waals surface area contributed by atoms with Gasteiger partial charge in [-0.05, 0) is 37.1 Å². The highest BCUT2D eigenvalue weighted by Gasteiger charge is 2.01. The summed E-state index contributed by atoms with van der Waals surface area (Å²) in [6.07, 6.45) is 2.19. The van der Waals surface area contributed by atoms with Gasteiger partial charge in [-0.3, -0.25) is 10.4 Å². The van der Waals surface area contributed by atoms with Gasteiger partial charge in [-0.15, -0.1) is 0 Å². The van der Waals surface area contributed by atoms with Crippen LogP contribution in [0.2, 0.25) is 0 Å². The first-order valence-electron chi connectivity index (χ1n) is 5.71. The van der Waals surface area contributed by atoms with E-state index in [1.165, 1.54) is 0 Å². The van der Waals surface area contributed by atoms with Crippen LogP contribution in [0.5, 0.6) is 0 Å². The van der Waals surface area contributed by atoms with Gasteiger partial charge >= 0.3 is 0 Å². The van der Waals surface area contributed by atoms with Crippen molar-refractivity contribution < 1.29 is 0 Å². The van der Waals surface area contributed by atoms with Gasteiger partial charge in [-0.1, -0.05) is 29.3 Å². The predicted octanol–water partition coefficient (Wildman–Crippen LogP) is 2.79. The minimum absolute atomic E-state index is 0.601. The van der Waals surface area contributed by atoms with Crippen LogP contribution in [0.25, 0.3) is 0 Å². The molecule has 0 amide bonds. The first kappa shape index (κ1) is 14.0. The van der Waals surface area contributed by atoms with Gasteiger partial charge in [0.2, 0.25) is 5.96 Å². The molecule has 0 unspecified atom stereocenters. The van der Waals surface area contributed by atoms with Crippen LogP contribution in [-0.2, 0) is 0 Å². The number of hydrogen-bond donors (Lipinski definition) is 3. The van der Waals surface area contributed by atoms with Crippen molar-refractivity contribution in [2.75, 3.05) is 11.9 Å². The Morgan fingerprint density at radius 2 is 2.24 bits per heavy atom. The van der Waals surface area contributed by atoms with E-state index < -0.39 is 0 Å². The van der Waals surface area contributed by atoms with Crippen LogP contribution in [0.3, 0.4) is 0 Å². The summed E-state index contributed by atoms with van der Waals surface area (Å²) in [6.45, 7) is 4.95. The third kappa shape index (κ3) is 4.75. The first-order chi connectivity index (χ1) is 8.17. The van der Waals surface area contributed by atoms with Crippen molar-refractivity contribution >= 4 is 27.6 Å². The lowest BCUT2D eigenvalue weighted by atomic mass is 10.2. The molecule has 0 saturated carbocycles. The Morgan fingerprint density at radius 3 is 2.82 bits per heavy atom. The third-order valence-corrected chi connectivity index (χ3v) is 2.85. The number of hydrogen-bond acceptors (Lipinski definition) is 2. The molecule has 4 nitrogen and oxygen atoms in total. The maximum absolute atomic E-state index is 5.43. The Kier molecular flexibility index (Phi) is 6.00.